The van der Waals surface area contributed by atoms with E-state index in [0.29, 0.717) is 11.1 Å². The molecule has 15 heavy (non-hydrogen) atoms. The van der Waals surface area contributed by atoms with Crippen LogP contribution in [0.25, 0.3) is 6.08 Å². The molecule has 0 aliphatic heterocycles. The van der Waals surface area contributed by atoms with Crippen LogP contribution in [-0.4, -0.2) is 18.2 Å². The zero-order valence-electron chi connectivity index (χ0n) is 8.24. The molecule has 0 unspecified atom stereocenters. The van der Waals surface area contributed by atoms with Crippen molar-refractivity contribution in [3.05, 3.63) is 41.2 Å². The predicted molar refractivity (Wildman–Crippen MR) is 53.4 cm³/mol. The van der Waals surface area contributed by atoms with Gasteiger partial charge in [0.05, 0.1) is 13.7 Å². The van der Waals surface area contributed by atoms with Gasteiger partial charge in [0.15, 0.2) is 0 Å². The van der Waals surface area contributed by atoms with Crippen molar-refractivity contribution >= 4 is 12.0 Å². The lowest BCUT2D eigenvalue weighted by Crippen LogP contribution is -1.95. The first-order chi connectivity index (χ1) is 7.17. The number of aliphatic hydroxyl groups is 1. The van der Waals surface area contributed by atoms with E-state index in [1.807, 2.05) is 0 Å². The lowest BCUT2D eigenvalue weighted by atomic mass is 10.1. The van der Waals surface area contributed by atoms with Crippen LogP contribution in [0.5, 0.6) is 0 Å². The topological polar surface area (TPSA) is 46.5 Å². The summed E-state index contributed by atoms with van der Waals surface area (Å²) in [4.78, 5) is 10.8. The minimum Gasteiger partial charge on any atom is -0.466 e. The van der Waals surface area contributed by atoms with Crippen LogP contribution in [0.1, 0.15) is 11.1 Å². The van der Waals surface area contributed by atoms with Crippen LogP contribution in [0.15, 0.2) is 24.3 Å². The van der Waals surface area contributed by atoms with Crippen molar-refractivity contribution in [3.8, 4) is 0 Å². The molecule has 0 amide bonds. The molecule has 0 saturated heterocycles. The standard InChI is InChI=1S/C11H11FO3/c1-15-11(14)5-3-8-2-4-10(12)6-9(8)7-13/h2-6,13H,7H2,1H3. The van der Waals surface area contributed by atoms with E-state index >= 15 is 0 Å². The summed E-state index contributed by atoms with van der Waals surface area (Å²) in [5.74, 6) is -0.919. The highest BCUT2D eigenvalue weighted by atomic mass is 19.1. The first kappa shape index (κ1) is 11.4. The fraction of sp³-hybridized carbons (Fsp3) is 0.182. The van der Waals surface area contributed by atoms with Crippen LogP contribution in [-0.2, 0) is 16.1 Å². The van der Waals surface area contributed by atoms with Gasteiger partial charge in [-0.2, -0.15) is 0 Å². The second-order valence-electron chi connectivity index (χ2n) is 2.86. The number of aliphatic hydroxyl groups excluding tert-OH is 1. The predicted octanol–water partition coefficient (Wildman–Crippen LogP) is 1.50. The molecule has 3 nitrogen and oxygen atoms in total. The Morgan fingerprint density at radius 3 is 2.93 bits per heavy atom. The van der Waals surface area contributed by atoms with Gasteiger partial charge in [-0.05, 0) is 29.3 Å². The molecule has 1 rings (SSSR count). The van der Waals surface area contributed by atoms with Gasteiger partial charge in [0, 0.05) is 6.08 Å². The molecular weight excluding hydrogens is 199 g/mol. The third-order valence-corrected chi connectivity index (χ3v) is 1.88. The average Bonchev–Trinajstić information content (AvgIpc) is 2.26. The first-order valence-electron chi connectivity index (χ1n) is 4.32. The Morgan fingerprint density at radius 2 is 2.33 bits per heavy atom. The zero-order valence-corrected chi connectivity index (χ0v) is 8.24. The minimum absolute atomic E-state index is 0.279. The van der Waals surface area contributed by atoms with Crippen molar-refractivity contribution in [2.45, 2.75) is 6.61 Å². The SMILES string of the molecule is COC(=O)C=Cc1ccc(F)cc1CO. The Morgan fingerprint density at radius 1 is 1.60 bits per heavy atom. The lowest BCUT2D eigenvalue weighted by Gasteiger charge is -2.02. The van der Waals surface area contributed by atoms with E-state index in [2.05, 4.69) is 4.74 Å². The van der Waals surface area contributed by atoms with Crippen LogP contribution in [0.4, 0.5) is 4.39 Å². The van der Waals surface area contributed by atoms with Crippen LogP contribution >= 0.6 is 0 Å². The highest BCUT2D eigenvalue weighted by molar-refractivity contribution is 5.87. The third-order valence-electron chi connectivity index (χ3n) is 1.88. The number of benzene rings is 1. The molecule has 0 heterocycles. The number of rotatable bonds is 3. The number of methoxy groups -OCH3 is 1. The van der Waals surface area contributed by atoms with Gasteiger partial charge in [0.2, 0.25) is 0 Å². The maximum Gasteiger partial charge on any atom is 0.330 e. The molecule has 0 fully saturated rings. The van der Waals surface area contributed by atoms with E-state index in [-0.39, 0.29) is 6.61 Å². The van der Waals surface area contributed by atoms with Gasteiger partial charge < -0.3 is 9.84 Å². The van der Waals surface area contributed by atoms with E-state index in [4.69, 9.17) is 5.11 Å². The maximum absolute atomic E-state index is 12.8. The van der Waals surface area contributed by atoms with Crippen LogP contribution < -0.4 is 0 Å². The van der Waals surface area contributed by atoms with Gasteiger partial charge in [-0.1, -0.05) is 6.07 Å². The lowest BCUT2D eigenvalue weighted by molar-refractivity contribution is -0.134. The molecule has 0 atom stereocenters. The van der Waals surface area contributed by atoms with Crippen LogP contribution in [0.2, 0.25) is 0 Å². The van der Waals surface area contributed by atoms with Crippen molar-refractivity contribution in [2.75, 3.05) is 7.11 Å². The van der Waals surface area contributed by atoms with Gasteiger partial charge in [-0.15, -0.1) is 0 Å². The van der Waals surface area contributed by atoms with Crippen LogP contribution in [0, 0.1) is 5.82 Å². The summed E-state index contributed by atoms with van der Waals surface area (Å²) in [6.45, 7) is -0.279. The monoisotopic (exact) mass is 210 g/mol. The second kappa shape index (κ2) is 5.26. The smallest absolute Gasteiger partial charge is 0.330 e. The van der Waals surface area contributed by atoms with Crippen molar-refractivity contribution < 1.29 is 19.0 Å². The highest BCUT2D eigenvalue weighted by Gasteiger charge is 2.01. The Balaban J connectivity index is 2.94. The average molecular weight is 210 g/mol. The quantitative estimate of drug-likeness (QED) is 0.607. The molecule has 1 aromatic carbocycles. The summed E-state index contributed by atoms with van der Waals surface area (Å²) in [6.07, 6.45) is 2.68. The van der Waals surface area contributed by atoms with E-state index < -0.39 is 11.8 Å². The van der Waals surface area contributed by atoms with E-state index in [1.54, 1.807) is 0 Å². The molecule has 80 valence electrons. The molecule has 1 N–H and O–H groups in total. The molecular formula is C11H11FO3. The summed E-state index contributed by atoms with van der Waals surface area (Å²) < 4.78 is 17.2. The van der Waals surface area contributed by atoms with Gasteiger partial charge in [-0.25, -0.2) is 9.18 Å². The second-order valence-corrected chi connectivity index (χ2v) is 2.86. The van der Waals surface area contributed by atoms with Gasteiger partial charge in [0.25, 0.3) is 0 Å². The summed E-state index contributed by atoms with van der Waals surface area (Å²) in [5.41, 5.74) is 1.01. The summed E-state index contributed by atoms with van der Waals surface area (Å²) >= 11 is 0. The Bertz CT molecular complexity index is 385. The molecule has 0 radical (unpaired) electrons. The number of ether oxygens (including phenoxy) is 1. The number of esters is 1. The third kappa shape index (κ3) is 3.18. The molecule has 0 aliphatic rings. The summed E-state index contributed by atoms with van der Waals surface area (Å²) in [5, 5.41) is 8.95. The number of hydrogen-bond donors (Lipinski definition) is 1. The largest absolute Gasteiger partial charge is 0.466 e. The normalized spacial score (nSPS) is 10.6. The Labute approximate surface area is 86.8 Å². The number of halogens is 1. The van der Waals surface area contributed by atoms with E-state index in [9.17, 15) is 9.18 Å². The Kier molecular flexibility index (Phi) is 4.00. The molecule has 0 saturated carbocycles. The molecule has 0 bridgehead atoms. The first-order valence-corrected chi connectivity index (χ1v) is 4.32. The molecule has 4 heteroatoms. The van der Waals surface area contributed by atoms with Gasteiger partial charge in [-0.3, -0.25) is 0 Å². The maximum atomic E-state index is 12.8. The zero-order chi connectivity index (χ0) is 11.3. The number of carbonyl (C=O) groups is 1. The number of hydrogen-bond acceptors (Lipinski definition) is 3. The highest BCUT2D eigenvalue weighted by Crippen LogP contribution is 2.13. The molecule has 0 aromatic heterocycles. The van der Waals surface area contributed by atoms with Crippen LogP contribution in [0.3, 0.4) is 0 Å². The molecule has 0 aliphatic carbocycles. The Hall–Kier alpha value is -1.68. The fourth-order valence-corrected chi connectivity index (χ4v) is 1.10. The van der Waals surface area contributed by atoms with Crippen molar-refractivity contribution in [1.29, 1.82) is 0 Å². The minimum atomic E-state index is -0.497. The summed E-state index contributed by atoms with van der Waals surface area (Å²) in [7, 11) is 1.27. The van der Waals surface area contributed by atoms with Gasteiger partial charge in [0.1, 0.15) is 5.82 Å². The van der Waals surface area contributed by atoms with Crippen molar-refractivity contribution in [3.63, 3.8) is 0 Å². The van der Waals surface area contributed by atoms with Gasteiger partial charge >= 0.3 is 5.97 Å². The fourth-order valence-electron chi connectivity index (χ4n) is 1.10. The van der Waals surface area contributed by atoms with E-state index in [0.717, 1.165) is 0 Å². The molecule has 0 spiro atoms. The van der Waals surface area contributed by atoms with E-state index in [1.165, 1.54) is 37.5 Å². The van der Waals surface area contributed by atoms with Crippen molar-refractivity contribution in [1.82, 2.24) is 0 Å². The van der Waals surface area contributed by atoms with Crippen molar-refractivity contribution in [2.24, 2.45) is 0 Å². The summed E-state index contributed by atoms with van der Waals surface area (Å²) in [6, 6.07) is 3.97. The molecule has 1 aromatic rings. The number of carbonyl (C=O) groups excluding carboxylic acids is 1.